The Morgan fingerprint density at radius 2 is 2.23 bits per heavy atom. The largest absolute Gasteiger partial charge is 0.496 e. The first-order valence-electron chi connectivity index (χ1n) is 9.58. The smallest absolute Gasteiger partial charge is 0.191 e. The molecule has 1 aromatic rings. The van der Waals surface area contributed by atoms with Crippen molar-refractivity contribution in [3.63, 3.8) is 0 Å². The molecule has 1 aliphatic heterocycles. The second kappa shape index (κ2) is 11.8. The summed E-state index contributed by atoms with van der Waals surface area (Å²) < 4.78 is 16.6. The molecule has 0 aliphatic carbocycles. The number of ether oxygens (including phenoxy) is 3. The van der Waals surface area contributed by atoms with E-state index in [1.54, 1.807) is 7.11 Å². The molecule has 0 radical (unpaired) electrons. The summed E-state index contributed by atoms with van der Waals surface area (Å²) in [6, 6.07) is 6.33. The van der Waals surface area contributed by atoms with Crippen molar-refractivity contribution in [1.82, 2.24) is 10.6 Å². The summed E-state index contributed by atoms with van der Waals surface area (Å²) in [5.41, 5.74) is 2.40. The Kier molecular flexibility index (Phi) is 9.28. The van der Waals surface area contributed by atoms with E-state index in [4.69, 9.17) is 14.2 Å². The van der Waals surface area contributed by atoms with E-state index in [0.717, 1.165) is 56.2 Å². The fourth-order valence-electron chi connectivity index (χ4n) is 2.90. The molecule has 6 nitrogen and oxygen atoms in total. The summed E-state index contributed by atoms with van der Waals surface area (Å²) in [4.78, 5) is 4.56. The second-order valence-corrected chi connectivity index (χ2v) is 6.45. The van der Waals surface area contributed by atoms with E-state index >= 15 is 0 Å². The van der Waals surface area contributed by atoms with Crippen molar-refractivity contribution in [1.29, 1.82) is 0 Å². The van der Waals surface area contributed by atoms with E-state index in [2.05, 4.69) is 47.7 Å². The standard InChI is InChI=1S/C20H33N3O3/c1-4-21-20(23-11-13-25-15-18-6-5-12-26-18)22-10-9-17-8-7-16(2)19(14-17)24-3/h7-8,14,18H,4-6,9-13,15H2,1-3H3,(H2,21,22,23). The van der Waals surface area contributed by atoms with E-state index in [1.165, 1.54) is 5.56 Å². The molecule has 1 fully saturated rings. The molecule has 2 N–H and O–H groups in total. The van der Waals surface area contributed by atoms with Gasteiger partial charge in [-0.1, -0.05) is 12.1 Å². The number of nitrogens with zero attached hydrogens (tertiary/aromatic N) is 1. The molecular weight excluding hydrogens is 330 g/mol. The molecule has 26 heavy (non-hydrogen) atoms. The summed E-state index contributed by atoms with van der Waals surface area (Å²) in [5, 5.41) is 6.64. The van der Waals surface area contributed by atoms with Crippen LogP contribution in [0.5, 0.6) is 5.75 Å². The number of aryl methyl sites for hydroxylation is 1. The third kappa shape index (κ3) is 7.22. The first-order chi connectivity index (χ1) is 12.7. The lowest BCUT2D eigenvalue weighted by Gasteiger charge is -2.13. The molecule has 1 unspecified atom stereocenters. The average Bonchev–Trinajstić information content (AvgIpc) is 3.16. The van der Waals surface area contributed by atoms with Gasteiger partial charge in [-0.3, -0.25) is 4.99 Å². The summed E-state index contributed by atoms with van der Waals surface area (Å²) in [6.45, 7) is 8.57. The monoisotopic (exact) mass is 363 g/mol. The van der Waals surface area contributed by atoms with Crippen LogP contribution >= 0.6 is 0 Å². The Balaban J connectivity index is 1.69. The molecule has 0 bridgehead atoms. The minimum Gasteiger partial charge on any atom is -0.496 e. The third-order valence-corrected chi connectivity index (χ3v) is 4.36. The lowest BCUT2D eigenvalue weighted by molar-refractivity contribution is 0.0200. The quantitative estimate of drug-likeness (QED) is 0.379. The molecule has 0 amide bonds. The lowest BCUT2D eigenvalue weighted by Crippen LogP contribution is -2.38. The first-order valence-corrected chi connectivity index (χ1v) is 9.58. The Morgan fingerprint density at radius 3 is 2.96 bits per heavy atom. The van der Waals surface area contributed by atoms with Gasteiger partial charge in [0.2, 0.25) is 0 Å². The van der Waals surface area contributed by atoms with Gasteiger partial charge in [0.1, 0.15) is 5.75 Å². The van der Waals surface area contributed by atoms with Crippen LogP contribution in [0.2, 0.25) is 0 Å². The van der Waals surface area contributed by atoms with Crippen LogP contribution < -0.4 is 15.4 Å². The minimum absolute atomic E-state index is 0.275. The Morgan fingerprint density at radius 1 is 1.35 bits per heavy atom. The number of aliphatic imine (C=N–C) groups is 1. The maximum atomic E-state index is 5.66. The molecule has 0 saturated carbocycles. The number of hydrogen-bond acceptors (Lipinski definition) is 4. The zero-order valence-corrected chi connectivity index (χ0v) is 16.3. The van der Waals surface area contributed by atoms with Crippen LogP contribution in [0.15, 0.2) is 23.2 Å². The topological polar surface area (TPSA) is 64.1 Å². The Bertz CT molecular complexity index is 557. The molecule has 1 aromatic carbocycles. The highest BCUT2D eigenvalue weighted by molar-refractivity contribution is 5.79. The van der Waals surface area contributed by atoms with E-state index in [-0.39, 0.29) is 6.10 Å². The summed E-state index contributed by atoms with van der Waals surface area (Å²) in [7, 11) is 1.71. The lowest BCUT2D eigenvalue weighted by atomic mass is 10.1. The van der Waals surface area contributed by atoms with Gasteiger partial charge < -0.3 is 24.8 Å². The SMILES string of the molecule is CCNC(=NCCOCC1CCCO1)NCCc1ccc(C)c(OC)c1. The Labute approximate surface area is 157 Å². The van der Waals surface area contributed by atoms with Crippen molar-refractivity contribution < 1.29 is 14.2 Å². The molecule has 146 valence electrons. The van der Waals surface area contributed by atoms with Crippen LogP contribution in [-0.2, 0) is 15.9 Å². The highest BCUT2D eigenvalue weighted by atomic mass is 16.5. The summed E-state index contributed by atoms with van der Waals surface area (Å²) in [5.74, 6) is 1.76. The number of benzene rings is 1. The predicted molar refractivity (Wildman–Crippen MR) is 105 cm³/mol. The van der Waals surface area contributed by atoms with Gasteiger partial charge in [-0.2, -0.15) is 0 Å². The maximum Gasteiger partial charge on any atom is 0.191 e. The third-order valence-electron chi connectivity index (χ3n) is 4.36. The van der Waals surface area contributed by atoms with Crippen LogP contribution in [0.4, 0.5) is 0 Å². The first kappa shape index (κ1) is 20.5. The van der Waals surface area contributed by atoms with Gasteiger partial charge in [0.15, 0.2) is 5.96 Å². The molecule has 1 atom stereocenters. The fourth-order valence-corrected chi connectivity index (χ4v) is 2.90. The van der Waals surface area contributed by atoms with Gasteiger partial charge in [-0.15, -0.1) is 0 Å². The highest BCUT2D eigenvalue weighted by Gasteiger charge is 2.14. The van der Waals surface area contributed by atoms with E-state index in [9.17, 15) is 0 Å². The molecule has 1 aliphatic rings. The van der Waals surface area contributed by atoms with Gasteiger partial charge >= 0.3 is 0 Å². The molecule has 0 aromatic heterocycles. The number of methoxy groups -OCH3 is 1. The van der Waals surface area contributed by atoms with Crippen LogP contribution in [-0.4, -0.2) is 58.6 Å². The molecular formula is C20H33N3O3. The van der Waals surface area contributed by atoms with Gasteiger partial charge in [0, 0.05) is 19.7 Å². The highest BCUT2D eigenvalue weighted by Crippen LogP contribution is 2.19. The Hall–Kier alpha value is -1.79. The number of rotatable bonds is 10. The number of hydrogen-bond donors (Lipinski definition) is 2. The van der Waals surface area contributed by atoms with Crippen molar-refractivity contribution in [2.24, 2.45) is 4.99 Å². The van der Waals surface area contributed by atoms with Gasteiger partial charge in [0.25, 0.3) is 0 Å². The van der Waals surface area contributed by atoms with E-state index in [1.807, 2.05) is 0 Å². The molecule has 6 heteroatoms. The van der Waals surface area contributed by atoms with Crippen molar-refractivity contribution in [3.8, 4) is 5.75 Å². The molecule has 0 spiro atoms. The normalized spacial score (nSPS) is 17.3. The summed E-state index contributed by atoms with van der Waals surface area (Å²) >= 11 is 0. The average molecular weight is 364 g/mol. The van der Waals surface area contributed by atoms with E-state index in [0.29, 0.717) is 19.8 Å². The number of nitrogens with one attached hydrogen (secondary N) is 2. The van der Waals surface area contributed by atoms with Crippen LogP contribution in [0.25, 0.3) is 0 Å². The van der Waals surface area contributed by atoms with Crippen molar-refractivity contribution in [3.05, 3.63) is 29.3 Å². The number of guanidine groups is 1. The van der Waals surface area contributed by atoms with Crippen LogP contribution in [0.3, 0.4) is 0 Å². The van der Waals surface area contributed by atoms with E-state index < -0.39 is 0 Å². The van der Waals surface area contributed by atoms with Gasteiger partial charge in [0.05, 0.1) is 33.0 Å². The van der Waals surface area contributed by atoms with Crippen molar-refractivity contribution in [2.45, 2.75) is 39.2 Å². The predicted octanol–water partition coefficient (Wildman–Crippen LogP) is 2.30. The molecule has 1 heterocycles. The van der Waals surface area contributed by atoms with Crippen molar-refractivity contribution in [2.75, 3.05) is 46.6 Å². The van der Waals surface area contributed by atoms with Crippen LogP contribution in [0.1, 0.15) is 30.9 Å². The van der Waals surface area contributed by atoms with Gasteiger partial charge in [-0.05, 0) is 50.3 Å². The minimum atomic E-state index is 0.275. The van der Waals surface area contributed by atoms with Crippen molar-refractivity contribution >= 4 is 5.96 Å². The maximum absolute atomic E-state index is 5.66. The van der Waals surface area contributed by atoms with Gasteiger partial charge in [-0.25, -0.2) is 0 Å². The second-order valence-electron chi connectivity index (χ2n) is 6.45. The van der Waals surface area contributed by atoms with Crippen LogP contribution in [0, 0.1) is 6.92 Å². The zero-order valence-electron chi connectivity index (χ0n) is 16.3. The zero-order chi connectivity index (χ0) is 18.6. The molecule has 1 saturated heterocycles. The fraction of sp³-hybridized carbons (Fsp3) is 0.650. The molecule has 2 rings (SSSR count). The summed E-state index contributed by atoms with van der Waals surface area (Å²) in [6.07, 6.45) is 3.44.